The molecule has 122 valence electrons. The van der Waals surface area contributed by atoms with Crippen LogP contribution in [0.3, 0.4) is 0 Å². The number of carbonyl (C=O) groups excluding carboxylic acids is 1. The van der Waals surface area contributed by atoms with E-state index in [0.717, 1.165) is 0 Å². The van der Waals surface area contributed by atoms with Crippen molar-refractivity contribution in [2.24, 2.45) is 0 Å². The zero-order valence-electron chi connectivity index (χ0n) is 12.5. The first-order valence-corrected chi connectivity index (χ1v) is 7.72. The molecule has 0 aliphatic rings. The van der Waals surface area contributed by atoms with Crippen molar-refractivity contribution in [3.05, 3.63) is 46.6 Å². The Morgan fingerprint density at radius 1 is 1.26 bits per heavy atom. The van der Waals surface area contributed by atoms with E-state index in [0.29, 0.717) is 46.8 Å². The average molecular weight is 355 g/mol. The van der Waals surface area contributed by atoms with Gasteiger partial charge in [-0.15, -0.1) is 0 Å². The van der Waals surface area contributed by atoms with Crippen molar-refractivity contribution >= 4 is 34.9 Å². The van der Waals surface area contributed by atoms with E-state index < -0.39 is 0 Å². The Morgan fingerprint density at radius 2 is 2.09 bits per heavy atom. The molecule has 0 saturated heterocycles. The molecule has 1 aromatic heterocycles. The summed E-state index contributed by atoms with van der Waals surface area (Å²) < 4.78 is 10.7. The highest BCUT2D eigenvalue weighted by molar-refractivity contribution is 6.35. The number of nitrogens with one attached hydrogen (secondary N) is 1. The number of hydrogen-bond donors (Lipinski definition) is 1. The predicted octanol–water partition coefficient (Wildman–Crippen LogP) is 4.19. The first-order chi connectivity index (χ1) is 11.1. The fourth-order valence-electron chi connectivity index (χ4n) is 1.85. The van der Waals surface area contributed by atoms with Crippen molar-refractivity contribution in [3.8, 4) is 11.5 Å². The van der Waals surface area contributed by atoms with Gasteiger partial charge in [-0.05, 0) is 36.8 Å². The Kier molecular flexibility index (Phi) is 6.50. The quantitative estimate of drug-likeness (QED) is 0.757. The average Bonchev–Trinajstić information content (AvgIpc) is 2.53. The Bertz CT molecular complexity index is 680. The van der Waals surface area contributed by atoms with E-state index in [1.165, 1.54) is 7.11 Å². The molecular formula is C16H16Cl2N2O3. The fourth-order valence-corrected chi connectivity index (χ4v) is 2.31. The van der Waals surface area contributed by atoms with Gasteiger partial charge in [0.2, 0.25) is 5.91 Å². The van der Waals surface area contributed by atoms with E-state index in [2.05, 4.69) is 10.3 Å². The van der Waals surface area contributed by atoms with Gasteiger partial charge in [-0.25, -0.2) is 4.98 Å². The van der Waals surface area contributed by atoms with E-state index in [4.69, 9.17) is 32.7 Å². The minimum Gasteiger partial charge on any atom is -0.493 e. The van der Waals surface area contributed by atoms with Gasteiger partial charge in [0.05, 0.1) is 18.7 Å². The van der Waals surface area contributed by atoms with Crippen LogP contribution in [0.25, 0.3) is 0 Å². The first-order valence-electron chi connectivity index (χ1n) is 6.97. The number of anilines is 1. The summed E-state index contributed by atoms with van der Waals surface area (Å²) in [6.07, 6.45) is 2.43. The van der Waals surface area contributed by atoms with Gasteiger partial charge in [-0.1, -0.05) is 23.2 Å². The largest absolute Gasteiger partial charge is 0.493 e. The summed E-state index contributed by atoms with van der Waals surface area (Å²) in [5, 5.41) is 3.70. The molecule has 1 heterocycles. The minimum absolute atomic E-state index is 0.159. The molecular weight excluding hydrogens is 339 g/mol. The number of ether oxygens (including phenoxy) is 2. The van der Waals surface area contributed by atoms with Gasteiger partial charge in [0, 0.05) is 17.6 Å². The highest BCUT2D eigenvalue weighted by Crippen LogP contribution is 2.27. The molecule has 2 aromatic rings. The van der Waals surface area contributed by atoms with E-state index in [9.17, 15) is 4.79 Å². The van der Waals surface area contributed by atoms with Crippen LogP contribution in [0.5, 0.6) is 11.5 Å². The van der Waals surface area contributed by atoms with Crippen molar-refractivity contribution in [2.45, 2.75) is 12.8 Å². The lowest BCUT2D eigenvalue weighted by molar-refractivity contribution is -0.116. The van der Waals surface area contributed by atoms with Crippen LogP contribution in [0.4, 0.5) is 5.82 Å². The SMILES string of the molecule is COc1cccnc1NC(=O)CCCOc1ccc(Cl)cc1Cl. The van der Waals surface area contributed by atoms with Crippen LogP contribution >= 0.6 is 23.2 Å². The summed E-state index contributed by atoms with van der Waals surface area (Å²) in [6, 6.07) is 8.47. The molecule has 0 aliphatic heterocycles. The Hall–Kier alpha value is -1.98. The lowest BCUT2D eigenvalue weighted by atomic mass is 10.3. The van der Waals surface area contributed by atoms with E-state index >= 15 is 0 Å². The van der Waals surface area contributed by atoms with Crippen LogP contribution in [-0.4, -0.2) is 24.6 Å². The molecule has 0 unspecified atom stereocenters. The van der Waals surface area contributed by atoms with Crippen molar-refractivity contribution in [2.75, 3.05) is 19.0 Å². The number of halogens is 2. The highest BCUT2D eigenvalue weighted by Gasteiger charge is 2.08. The molecule has 0 fully saturated rings. The third kappa shape index (κ3) is 5.30. The van der Waals surface area contributed by atoms with Gasteiger partial charge in [0.1, 0.15) is 5.75 Å². The number of benzene rings is 1. The van der Waals surface area contributed by atoms with Crippen LogP contribution < -0.4 is 14.8 Å². The molecule has 1 amide bonds. The second-order valence-electron chi connectivity index (χ2n) is 4.63. The van der Waals surface area contributed by atoms with E-state index in [1.807, 2.05) is 0 Å². The molecule has 1 N–H and O–H groups in total. The number of aromatic nitrogens is 1. The maximum Gasteiger partial charge on any atom is 0.225 e. The molecule has 0 bridgehead atoms. The topological polar surface area (TPSA) is 60.5 Å². The van der Waals surface area contributed by atoms with Gasteiger partial charge >= 0.3 is 0 Å². The first kappa shape index (κ1) is 17.4. The smallest absolute Gasteiger partial charge is 0.225 e. The summed E-state index contributed by atoms with van der Waals surface area (Å²) >= 11 is 11.8. The van der Waals surface area contributed by atoms with Gasteiger partial charge in [0.15, 0.2) is 11.6 Å². The van der Waals surface area contributed by atoms with Crippen molar-refractivity contribution in [1.29, 1.82) is 0 Å². The minimum atomic E-state index is -0.159. The van der Waals surface area contributed by atoms with Crippen molar-refractivity contribution in [1.82, 2.24) is 4.98 Å². The third-order valence-corrected chi connectivity index (χ3v) is 3.48. The van der Waals surface area contributed by atoms with Crippen molar-refractivity contribution < 1.29 is 14.3 Å². The lowest BCUT2D eigenvalue weighted by Gasteiger charge is -2.10. The maximum absolute atomic E-state index is 11.9. The Morgan fingerprint density at radius 3 is 2.83 bits per heavy atom. The van der Waals surface area contributed by atoms with Gasteiger partial charge in [0.25, 0.3) is 0 Å². The fraction of sp³-hybridized carbons (Fsp3) is 0.250. The molecule has 5 nitrogen and oxygen atoms in total. The van der Waals surface area contributed by atoms with Crippen LogP contribution in [0, 0.1) is 0 Å². The van der Waals surface area contributed by atoms with E-state index in [1.54, 1.807) is 36.5 Å². The number of hydrogen-bond acceptors (Lipinski definition) is 4. The maximum atomic E-state index is 11.9. The molecule has 0 radical (unpaired) electrons. The molecule has 23 heavy (non-hydrogen) atoms. The van der Waals surface area contributed by atoms with Crippen LogP contribution in [0.1, 0.15) is 12.8 Å². The lowest BCUT2D eigenvalue weighted by Crippen LogP contribution is -2.14. The number of pyridine rings is 1. The summed E-state index contributed by atoms with van der Waals surface area (Å²) in [6.45, 7) is 0.369. The van der Waals surface area contributed by atoms with Gasteiger partial charge in [-0.3, -0.25) is 4.79 Å². The van der Waals surface area contributed by atoms with Crippen molar-refractivity contribution in [3.63, 3.8) is 0 Å². The molecule has 1 aromatic carbocycles. The number of amides is 1. The summed E-state index contributed by atoms with van der Waals surface area (Å²) in [5.41, 5.74) is 0. The number of methoxy groups -OCH3 is 1. The molecule has 0 spiro atoms. The molecule has 0 saturated carbocycles. The molecule has 2 rings (SSSR count). The number of rotatable bonds is 7. The van der Waals surface area contributed by atoms with Crippen LogP contribution in [0.15, 0.2) is 36.5 Å². The Balaban J connectivity index is 1.76. The predicted molar refractivity (Wildman–Crippen MR) is 90.6 cm³/mol. The molecule has 0 atom stereocenters. The molecule has 7 heteroatoms. The number of nitrogens with zero attached hydrogens (tertiary/aromatic N) is 1. The third-order valence-electron chi connectivity index (χ3n) is 2.95. The monoisotopic (exact) mass is 354 g/mol. The van der Waals surface area contributed by atoms with Gasteiger partial charge in [-0.2, -0.15) is 0 Å². The normalized spacial score (nSPS) is 10.2. The Labute approximate surface area is 144 Å². The number of carbonyl (C=O) groups is 1. The van der Waals surface area contributed by atoms with Gasteiger partial charge < -0.3 is 14.8 Å². The van der Waals surface area contributed by atoms with Crippen LogP contribution in [0.2, 0.25) is 10.0 Å². The second-order valence-corrected chi connectivity index (χ2v) is 5.47. The summed E-state index contributed by atoms with van der Waals surface area (Å²) in [5.74, 6) is 1.31. The van der Waals surface area contributed by atoms with Crippen LogP contribution in [-0.2, 0) is 4.79 Å². The zero-order valence-corrected chi connectivity index (χ0v) is 14.0. The standard InChI is InChI=1S/C16H16Cl2N2O3/c1-22-14-4-2-8-19-16(14)20-15(21)5-3-9-23-13-7-6-11(17)10-12(13)18/h2,4,6-8,10H,3,5,9H2,1H3,(H,19,20,21). The zero-order chi connectivity index (χ0) is 16.7. The van der Waals surface area contributed by atoms with E-state index in [-0.39, 0.29) is 5.91 Å². The summed E-state index contributed by atoms with van der Waals surface area (Å²) in [4.78, 5) is 16.0. The molecule has 0 aliphatic carbocycles. The highest BCUT2D eigenvalue weighted by atomic mass is 35.5. The second kappa shape index (κ2) is 8.60. The summed E-state index contributed by atoms with van der Waals surface area (Å²) in [7, 11) is 1.52.